The molecule has 1 atom stereocenters. The molecule has 0 aliphatic carbocycles. The highest BCUT2D eigenvalue weighted by Crippen LogP contribution is 2.18. The van der Waals surface area contributed by atoms with Gasteiger partial charge in [0.25, 0.3) is 0 Å². The van der Waals surface area contributed by atoms with Crippen molar-refractivity contribution in [3.63, 3.8) is 0 Å². The van der Waals surface area contributed by atoms with Crippen molar-refractivity contribution in [1.82, 2.24) is 0 Å². The highest BCUT2D eigenvalue weighted by Gasteiger charge is 2.10. The molecule has 0 rings (SSSR count). The molecule has 1 N–H and O–H groups in total. The summed E-state index contributed by atoms with van der Waals surface area (Å²) in [5.74, 6) is 0.267. The Morgan fingerprint density at radius 1 is 1.31 bits per heavy atom. The fourth-order valence-electron chi connectivity index (χ4n) is 1.23. The fourth-order valence-corrected chi connectivity index (χ4v) is 1.23. The van der Waals surface area contributed by atoms with E-state index in [0.717, 1.165) is 12.8 Å². The molecule has 0 radical (unpaired) electrons. The largest absolute Gasteiger partial charge is 0.478 e. The molecule has 0 aromatic carbocycles. The lowest BCUT2D eigenvalue weighted by atomic mass is 9.94. The van der Waals surface area contributed by atoms with Crippen LogP contribution < -0.4 is 0 Å². The van der Waals surface area contributed by atoms with Crippen LogP contribution in [0.3, 0.4) is 0 Å². The molecule has 0 bridgehead atoms. The van der Waals surface area contributed by atoms with Gasteiger partial charge in [-0.25, -0.2) is 4.79 Å². The predicted molar refractivity (Wildman–Crippen MR) is 54.6 cm³/mol. The van der Waals surface area contributed by atoms with Crippen molar-refractivity contribution in [2.75, 3.05) is 0 Å². The lowest BCUT2D eigenvalue weighted by molar-refractivity contribution is -0.132. The third kappa shape index (κ3) is 6.38. The van der Waals surface area contributed by atoms with E-state index in [2.05, 4.69) is 27.4 Å². The topological polar surface area (TPSA) is 37.3 Å². The summed E-state index contributed by atoms with van der Waals surface area (Å²) in [5, 5.41) is 8.61. The zero-order chi connectivity index (χ0) is 10.4. The molecule has 0 saturated heterocycles. The van der Waals surface area contributed by atoms with Crippen LogP contribution >= 0.6 is 0 Å². The van der Waals surface area contributed by atoms with Gasteiger partial charge in [-0.1, -0.05) is 40.2 Å². The van der Waals surface area contributed by atoms with E-state index in [-0.39, 0.29) is 0 Å². The molecule has 13 heavy (non-hydrogen) atoms. The van der Waals surface area contributed by atoms with Crippen LogP contribution in [0.25, 0.3) is 0 Å². The molecule has 0 amide bonds. The van der Waals surface area contributed by atoms with E-state index in [4.69, 9.17) is 5.11 Å². The molecule has 76 valence electrons. The van der Waals surface area contributed by atoms with E-state index >= 15 is 0 Å². The highest BCUT2D eigenvalue weighted by molar-refractivity contribution is 5.85. The lowest BCUT2D eigenvalue weighted by Crippen LogP contribution is -2.05. The summed E-state index contributed by atoms with van der Waals surface area (Å²) in [6, 6.07) is 0. The number of hydrogen-bond acceptors (Lipinski definition) is 1. The minimum atomic E-state index is -0.864. The summed E-state index contributed by atoms with van der Waals surface area (Å²) < 4.78 is 0. The molecule has 1 unspecified atom stereocenters. The molecule has 0 aromatic rings. The summed E-state index contributed by atoms with van der Waals surface area (Å²) in [6.45, 7) is 9.96. The Hall–Kier alpha value is -0.790. The molecule has 2 heteroatoms. The Balaban J connectivity index is 3.68. The van der Waals surface area contributed by atoms with E-state index < -0.39 is 5.97 Å². The predicted octanol–water partition coefficient (Wildman–Crippen LogP) is 3.09. The van der Waals surface area contributed by atoms with Crippen molar-refractivity contribution in [3.05, 3.63) is 12.2 Å². The van der Waals surface area contributed by atoms with E-state index in [1.807, 2.05) is 0 Å². The Kier molecular flexibility index (Phi) is 5.44. The second-order valence-corrected chi connectivity index (χ2v) is 4.19. The molecule has 0 saturated carbocycles. The molecule has 0 aliphatic rings. The van der Waals surface area contributed by atoms with Gasteiger partial charge in [0.1, 0.15) is 0 Å². The van der Waals surface area contributed by atoms with Crippen LogP contribution in [0.15, 0.2) is 12.2 Å². The summed E-state index contributed by atoms with van der Waals surface area (Å²) in [6.07, 6.45) is 2.86. The average molecular weight is 184 g/mol. The number of carboxylic acid groups (broad SMARTS) is 1. The van der Waals surface area contributed by atoms with Crippen LogP contribution in [-0.2, 0) is 4.79 Å². The molecule has 0 heterocycles. The quantitative estimate of drug-likeness (QED) is 0.644. The number of carbonyl (C=O) groups is 1. The van der Waals surface area contributed by atoms with Crippen molar-refractivity contribution in [1.29, 1.82) is 0 Å². The van der Waals surface area contributed by atoms with Gasteiger partial charge in [0.2, 0.25) is 0 Å². The van der Waals surface area contributed by atoms with Crippen LogP contribution in [0.2, 0.25) is 0 Å². The second kappa shape index (κ2) is 5.79. The third-order valence-electron chi connectivity index (χ3n) is 2.13. The standard InChI is InChI=1S/C11H20O2/c1-8(2)5-6-9(3)7-10(4)11(12)13/h8-9H,4-7H2,1-3H3,(H,12,13). The van der Waals surface area contributed by atoms with Gasteiger partial charge in [0.05, 0.1) is 0 Å². The van der Waals surface area contributed by atoms with E-state index in [0.29, 0.717) is 23.8 Å². The minimum absolute atomic E-state index is 0.330. The van der Waals surface area contributed by atoms with Gasteiger partial charge in [-0.3, -0.25) is 0 Å². The van der Waals surface area contributed by atoms with Crippen molar-refractivity contribution in [2.45, 2.75) is 40.0 Å². The number of aliphatic carboxylic acids is 1. The van der Waals surface area contributed by atoms with Gasteiger partial charge in [-0.05, 0) is 18.3 Å². The fraction of sp³-hybridized carbons (Fsp3) is 0.727. The van der Waals surface area contributed by atoms with Crippen molar-refractivity contribution in [3.8, 4) is 0 Å². The zero-order valence-electron chi connectivity index (χ0n) is 8.84. The summed E-state index contributed by atoms with van der Waals surface area (Å²) in [7, 11) is 0. The summed E-state index contributed by atoms with van der Waals surface area (Å²) >= 11 is 0. The SMILES string of the molecule is C=C(CC(C)CCC(C)C)C(=O)O. The van der Waals surface area contributed by atoms with Gasteiger partial charge in [0.15, 0.2) is 0 Å². The summed E-state index contributed by atoms with van der Waals surface area (Å²) in [5.41, 5.74) is 0.330. The first kappa shape index (κ1) is 12.2. The van der Waals surface area contributed by atoms with Crippen molar-refractivity contribution < 1.29 is 9.90 Å². The van der Waals surface area contributed by atoms with Crippen LogP contribution in [0.1, 0.15) is 40.0 Å². The van der Waals surface area contributed by atoms with Gasteiger partial charge in [-0.2, -0.15) is 0 Å². The maximum atomic E-state index is 10.5. The van der Waals surface area contributed by atoms with E-state index in [9.17, 15) is 4.79 Å². The minimum Gasteiger partial charge on any atom is -0.478 e. The van der Waals surface area contributed by atoms with Crippen LogP contribution in [-0.4, -0.2) is 11.1 Å². The Bertz CT molecular complexity index is 183. The van der Waals surface area contributed by atoms with Gasteiger partial charge in [-0.15, -0.1) is 0 Å². The summed E-state index contributed by atoms with van der Waals surface area (Å²) in [4.78, 5) is 10.5. The molecule has 2 nitrogen and oxygen atoms in total. The molecule has 0 aliphatic heterocycles. The van der Waals surface area contributed by atoms with E-state index in [1.54, 1.807) is 0 Å². The Labute approximate surface area is 80.7 Å². The van der Waals surface area contributed by atoms with Gasteiger partial charge < -0.3 is 5.11 Å². The zero-order valence-corrected chi connectivity index (χ0v) is 8.84. The Morgan fingerprint density at radius 3 is 2.23 bits per heavy atom. The normalized spacial score (nSPS) is 12.9. The Morgan fingerprint density at radius 2 is 1.85 bits per heavy atom. The van der Waals surface area contributed by atoms with Crippen LogP contribution in [0.5, 0.6) is 0 Å². The van der Waals surface area contributed by atoms with Crippen LogP contribution in [0.4, 0.5) is 0 Å². The molecular weight excluding hydrogens is 164 g/mol. The first-order valence-corrected chi connectivity index (χ1v) is 4.84. The number of hydrogen-bond donors (Lipinski definition) is 1. The number of carboxylic acids is 1. The molecule has 0 fully saturated rings. The van der Waals surface area contributed by atoms with Crippen molar-refractivity contribution >= 4 is 5.97 Å². The van der Waals surface area contributed by atoms with Crippen molar-refractivity contribution in [2.24, 2.45) is 11.8 Å². The first-order chi connectivity index (χ1) is 5.93. The molecular formula is C11H20O2. The van der Waals surface area contributed by atoms with Crippen LogP contribution in [0, 0.1) is 11.8 Å². The van der Waals surface area contributed by atoms with Gasteiger partial charge >= 0.3 is 5.97 Å². The third-order valence-corrected chi connectivity index (χ3v) is 2.13. The van der Waals surface area contributed by atoms with Gasteiger partial charge in [0, 0.05) is 5.57 Å². The average Bonchev–Trinajstić information content (AvgIpc) is 2.00. The van der Waals surface area contributed by atoms with E-state index in [1.165, 1.54) is 0 Å². The number of rotatable bonds is 6. The second-order valence-electron chi connectivity index (χ2n) is 4.19. The maximum absolute atomic E-state index is 10.5. The first-order valence-electron chi connectivity index (χ1n) is 4.84. The maximum Gasteiger partial charge on any atom is 0.330 e. The highest BCUT2D eigenvalue weighted by atomic mass is 16.4. The molecule has 0 spiro atoms. The smallest absolute Gasteiger partial charge is 0.330 e. The monoisotopic (exact) mass is 184 g/mol. The lowest BCUT2D eigenvalue weighted by Gasteiger charge is -2.12. The molecule has 0 aromatic heterocycles.